The van der Waals surface area contributed by atoms with Crippen LogP contribution in [0.2, 0.25) is 0 Å². The third-order valence-corrected chi connectivity index (χ3v) is 5.41. The molecule has 1 atom stereocenters. The lowest BCUT2D eigenvalue weighted by atomic mass is 10.1. The molecular weight excluding hydrogens is 428 g/mol. The third-order valence-electron chi connectivity index (χ3n) is 4.16. The van der Waals surface area contributed by atoms with Crippen molar-refractivity contribution >= 4 is 33.2 Å². The second kappa shape index (κ2) is 9.01. The molecule has 0 saturated heterocycles. The summed E-state index contributed by atoms with van der Waals surface area (Å²) in [5.41, 5.74) is -0.347. The lowest BCUT2D eigenvalue weighted by molar-refractivity contribution is -0.116. The van der Waals surface area contributed by atoms with Crippen molar-refractivity contribution in [3.63, 3.8) is 0 Å². The summed E-state index contributed by atoms with van der Waals surface area (Å²) in [5, 5.41) is 5.34. The van der Waals surface area contributed by atoms with Gasteiger partial charge in [-0.25, -0.2) is 17.2 Å². The SMILES string of the molecule is C[C@@H](C(=O)Nc1ccccc1C(=O)NC(C)(C)C)N(c1ccc(F)c(F)c1)S(C)(=O)=O. The zero-order chi connectivity index (χ0) is 23.6. The fourth-order valence-corrected chi connectivity index (χ4v) is 4.03. The van der Waals surface area contributed by atoms with Crippen LogP contribution in [0, 0.1) is 11.6 Å². The molecule has 2 aromatic carbocycles. The van der Waals surface area contributed by atoms with Gasteiger partial charge in [-0.15, -0.1) is 0 Å². The molecule has 2 aromatic rings. The van der Waals surface area contributed by atoms with Crippen LogP contribution in [0.1, 0.15) is 38.1 Å². The van der Waals surface area contributed by atoms with E-state index in [0.717, 1.165) is 18.4 Å². The second-order valence-electron chi connectivity index (χ2n) is 8.07. The zero-order valence-electron chi connectivity index (χ0n) is 17.9. The Morgan fingerprint density at radius 2 is 1.65 bits per heavy atom. The first-order chi connectivity index (χ1) is 14.2. The Morgan fingerprint density at radius 3 is 2.19 bits per heavy atom. The van der Waals surface area contributed by atoms with Crippen LogP contribution in [0.15, 0.2) is 42.5 Å². The van der Waals surface area contributed by atoms with E-state index in [1.807, 2.05) is 0 Å². The summed E-state index contributed by atoms with van der Waals surface area (Å²) in [4.78, 5) is 25.4. The summed E-state index contributed by atoms with van der Waals surface area (Å²) in [6.45, 7) is 6.72. The average Bonchev–Trinajstić information content (AvgIpc) is 2.62. The van der Waals surface area contributed by atoms with E-state index in [2.05, 4.69) is 10.6 Å². The summed E-state index contributed by atoms with van der Waals surface area (Å²) in [6.07, 6.45) is 0.850. The molecule has 0 aliphatic heterocycles. The van der Waals surface area contributed by atoms with Gasteiger partial charge < -0.3 is 10.6 Å². The minimum atomic E-state index is -4.03. The molecule has 0 aromatic heterocycles. The second-order valence-corrected chi connectivity index (χ2v) is 9.93. The number of sulfonamides is 1. The van der Waals surface area contributed by atoms with E-state index in [0.29, 0.717) is 10.4 Å². The molecule has 2 N–H and O–H groups in total. The molecule has 10 heteroatoms. The topological polar surface area (TPSA) is 95.6 Å². The van der Waals surface area contributed by atoms with E-state index in [-0.39, 0.29) is 16.9 Å². The highest BCUT2D eigenvalue weighted by Crippen LogP contribution is 2.24. The van der Waals surface area contributed by atoms with Crippen LogP contribution in [0.25, 0.3) is 0 Å². The molecule has 0 heterocycles. The molecule has 0 aliphatic carbocycles. The first kappa shape index (κ1) is 24.3. The van der Waals surface area contributed by atoms with E-state index in [1.54, 1.807) is 32.9 Å². The number of nitrogens with zero attached hydrogens (tertiary/aromatic N) is 1. The summed E-state index contributed by atoms with van der Waals surface area (Å²) in [5.74, 6) is -3.57. The van der Waals surface area contributed by atoms with Gasteiger partial charge in [0.15, 0.2) is 11.6 Å². The first-order valence-electron chi connectivity index (χ1n) is 9.37. The molecule has 0 spiro atoms. The number of anilines is 2. The highest BCUT2D eigenvalue weighted by Gasteiger charge is 2.30. The molecule has 0 saturated carbocycles. The van der Waals surface area contributed by atoms with Crippen LogP contribution in [-0.4, -0.2) is 38.1 Å². The number of carbonyl (C=O) groups is 2. The van der Waals surface area contributed by atoms with Crippen LogP contribution in [0.4, 0.5) is 20.2 Å². The fraction of sp³-hybridized carbons (Fsp3) is 0.333. The Hall–Kier alpha value is -3.01. The van der Waals surface area contributed by atoms with Crippen molar-refractivity contribution in [2.45, 2.75) is 39.3 Å². The minimum absolute atomic E-state index is 0.180. The summed E-state index contributed by atoms with van der Waals surface area (Å²) < 4.78 is 52.3. The van der Waals surface area contributed by atoms with Gasteiger partial charge in [-0.2, -0.15) is 0 Å². The van der Waals surface area contributed by atoms with Gasteiger partial charge in [0.05, 0.1) is 23.2 Å². The molecule has 2 rings (SSSR count). The Labute approximate surface area is 180 Å². The van der Waals surface area contributed by atoms with Gasteiger partial charge in [0.1, 0.15) is 6.04 Å². The Morgan fingerprint density at radius 1 is 1.03 bits per heavy atom. The van der Waals surface area contributed by atoms with Gasteiger partial charge in [0, 0.05) is 11.6 Å². The van der Waals surface area contributed by atoms with Crippen molar-refractivity contribution in [3.8, 4) is 0 Å². The highest BCUT2D eigenvalue weighted by atomic mass is 32.2. The molecule has 0 bridgehead atoms. The van der Waals surface area contributed by atoms with Crippen molar-refractivity contribution in [3.05, 3.63) is 59.7 Å². The number of hydrogen-bond donors (Lipinski definition) is 2. The molecule has 0 radical (unpaired) electrons. The lowest BCUT2D eigenvalue weighted by Gasteiger charge is -2.28. The highest BCUT2D eigenvalue weighted by molar-refractivity contribution is 7.92. The number of halogens is 2. The maximum absolute atomic E-state index is 13.7. The maximum Gasteiger partial charge on any atom is 0.253 e. The Balaban J connectivity index is 2.36. The van der Waals surface area contributed by atoms with Crippen molar-refractivity contribution in [1.29, 1.82) is 0 Å². The van der Waals surface area contributed by atoms with E-state index in [9.17, 15) is 26.8 Å². The van der Waals surface area contributed by atoms with E-state index >= 15 is 0 Å². The summed E-state index contributed by atoms with van der Waals surface area (Å²) in [7, 11) is -4.03. The number of carbonyl (C=O) groups excluding carboxylic acids is 2. The number of rotatable bonds is 6. The standard InChI is InChI=1S/C21H25F2N3O4S/c1-13(26(31(5,29)30)14-10-11-16(22)17(23)12-14)19(27)24-18-9-7-6-8-15(18)20(28)25-21(2,3)4/h6-13H,1-5H3,(H,24,27)(H,25,28)/t13-/m0/s1. The van der Waals surface area contributed by atoms with Gasteiger partial charge in [-0.1, -0.05) is 12.1 Å². The number of hydrogen-bond acceptors (Lipinski definition) is 4. The van der Waals surface area contributed by atoms with Crippen molar-refractivity contribution < 1.29 is 26.8 Å². The van der Waals surface area contributed by atoms with Crippen LogP contribution in [-0.2, 0) is 14.8 Å². The number of amides is 2. The Bertz CT molecular complexity index is 1100. The average molecular weight is 454 g/mol. The van der Waals surface area contributed by atoms with E-state index in [4.69, 9.17) is 0 Å². The molecule has 31 heavy (non-hydrogen) atoms. The quantitative estimate of drug-likeness (QED) is 0.702. The number of para-hydroxylation sites is 1. The fourth-order valence-electron chi connectivity index (χ4n) is 2.87. The largest absolute Gasteiger partial charge is 0.347 e. The van der Waals surface area contributed by atoms with Crippen molar-refractivity contribution in [2.24, 2.45) is 0 Å². The molecule has 7 nitrogen and oxygen atoms in total. The van der Waals surface area contributed by atoms with Crippen LogP contribution in [0.3, 0.4) is 0 Å². The van der Waals surface area contributed by atoms with Gasteiger partial charge >= 0.3 is 0 Å². The maximum atomic E-state index is 13.7. The van der Waals surface area contributed by atoms with E-state index in [1.165, 1.54) is 19.1 Å². The predicted molar refractivity (Wildman–Crippen MR) is 115 cm³/mol. The Kier molecular flexibility index (Phi) is 7.05. The van der Waals surface area contributed by atoms with Gasteiger partial charge in [-0.3, -0.25) is 13.9 Å². The van der Waals surface area contributed by atoms with Crippen LogP contribution >= 0.6 is 0 Å². The molecule has 168 valence electrons. The summed E-state index contributed by atoms with van der Waals surface area (Å²) >= 11 is 0. The minimum Gasteiger partial charge on any atom is -0.347 e. The van der Waals surface area contributed by atoms with Crippen molar-refractivity contribution in [1.82, 2.24) is 5.32 Å². The van der Waals surface area contributed by atoms with Gasteiger partial charge in [0.25, 0.3) is 5.91 Å². The van der Waals surface area contributed by atoms with Crippen molar-refractivity contribution in [2.75, 3.05) is 15.9 Å². The zero-order valence-corrected chi connectivity index (χ0v) is 18.7. The molecule has 0 unspecified atom stereocenters. The number of benzene rings is 2. The van der Waals surface area contributed by atoms with Gasteiger partial charge in [0.2, 0.25) is 15.9 Å². The van der Waals surface area contributed by atoms with Gasteiger partial charge in [-0.05, 0) is 52.0 Å². The molecule has 0 fully saturated rings. The number of nitrogens with one attached hydrogen (secondary N) is 2. The summed E-state index contributed by atoms with van der Waals surface area (Å²) in [6, 6.07) is 7.48. The van der Waals surface area contributed by atoms with Crippen LogP contribution < -0.4 is 14.9 Å². The molecule has 2 amide bonds. The van der Waals surface area contributed by atoms with E-state index < -0.39 is 45.1 Å². The predicted octanol–water partition coefficient (Wildman–Crippen LogP) is 3.29. The monoisotopic (exact) mass is 453 g/mol. The smallest absolute Gasteiger partial charge is 0.253 e. The third kappa shape index (κ3) is 6.24. The normalized spacial score (nSPS) is 12.7. The molecular formula is C21H25F2N3O4S. The molecule has 0 aliphatic rings. The van der Waals surface area contributed by atoms with Crippen LogP contribution in [0.5, 0.6) is 0 Å². The lowest BCUT2D eigenvalue weighted by Crippen LogP contribution is -2.46. The first-order valence-corrected chi connectivity index (χ1v) is 11.2.